The van der Waals surface area contributed by atoms with Gasteiger partial charge >= 0.3 is 0 Å². The lowest BCUT2D eigenvalue weighted by Crippen LogP contribution is -2.57. The Hall–Kier alpha value is -6.09. The quantitative estimate of drug-likeness (QED) is 0.0635. The van der Waals surface area contributed by atoms with E-state index in [-0.39, 0.29) is 65.7 Å². The Morgan fingerprint density at radius 1 is 1.01 bits per heavy atom. The summed E-state index contributed by atoms with van der Waals surface area (Å²) in [6.45, 7) is 11.2. The van der Waals surface area contributed by atoms with Crippen molar-refractivity contribution in [2.24, 2.45) is 5.41 Å². The second-order valence-corrected chi connectivity index (χ2v) is 20.7. The number of thiocarbonyl (C=S) groups is 1. The first-order chi connectivity index (χ1) is 33.3. The van der Waals surface area contributed by atoms with E-state index < -0.39 is 46.8 Å². The number of aromatic nitrogens is 1. The maximum absolute atomic E-state index is 15.9. The molecule has 2 aliphatic heterocycles. The molecule has 5 aromatic rings. The van der Waals surface area contributed by atoms with Crippen molar-refractivity contribution >= 4 is 75.1 Å². The van der Waals surface area contributed by atoms with Crippen LogP contribution in [-0.4, -0.2) is 93.7 Å². The molecule has 2 saturated heterocycles. The number of unbranched alkanes of at least 4 members (excludes halogenated alkanes) is 1. The molecule has 2 aliphatic rings. The largest absolute Gasteiger partial charge is 0.494 e. The molecular weight excluding hydrogens is 951 g/mol. The SMILES string of the molecule is Cc1ncsc1-c1ccc(CCC(=O)[C@@H]2C[C@@H](O)CN2C(=O)[C@@H](NC(=O)COCCCCOc2ccc(-c3ccc(N4C(=S)N(c5ccc(C#N)c(Cl)c5)C(=O)C4(C)C)c(F)c3)cc2)C(C)(C)C)cc1. The van der Waals surface area contributed by atoms with Gasteiger partial charge in [-0.05, 0) is 122 Å². The van der Waals surface area contributed by atoms with Crippen LogP contribution in [0.4, 0.5) is 15.8 Å². The highest BCUT2D eigenvalue weighted by atomic mass is 35.5. The third-order valence-electron chi connectivity index (χ3n) is 12.5. The van der Waals surface area contributed by atoms with Gasteiger partial charge in [0.1, 0.15) is 35.8 Å². The number of ketones is 1. The third-order valence-corrected chi connectivity index (χ3v) is 14.2. The van der Waals surface area contributed by atoms with Crippen LogP contribution in [0.2, 0.25) is 5.02 Å². The summed E-state index contributed by atoms with van der Waals surface area (Å²) < 4.78 is 27.5. The molecule has 0 aliphatic carbocycles. The first-order valence-corrected chi connectivity index (χ1v) is 24.7. The molecule has 0 spiro atoms. The van der Waals surface area contributed by atoms with E-state index in [1.165, 1.54) is 32.9 Å². The zero-order chi connectivity index (χ0) is 50.5. The fourth-order valence-corrected chi connectivity index (χ4v) is 10.2. The Morgan fingerprint density at radius 2 is 1.70 bits per heavy atom. The van der Waals surface area contributed by atoms with Gasteiger partial charge in [0.15, 0.2) is 10.9 Å². The lowest BCUT2D eigenvalue weighted by Gasteiger charge is -2.35. The van der Waals surface area contributed by atoms with E-state index in [0.29, 0.717) is 42.9 Å². The topological polar surface area (TPSA) is 165 Å². The van der Waals surface area contributed by atoms with Crippen LogP contribution in [0, 0.1) is 29.5 Å². The number of nitriles is 1. The molecule has 2 N–H and O–H groups in total. The molecule has 0 bridgehead atoms. The van der Waals surface area contributed by atoms with Crippen molar-refractivity contribution in [3.05, 3.63) is 118 Å². The molecule has 13 nitrogen and oxygen atoms in total. The van der Waals surface area contributed by atoms with Gasteiger partial charge in [0, 0.05) is 26.0 Å². The minimum absolute atomic E-state index is 0.0100. The lowest BCUT2D eigenvalue weighted by molar-refractivity contribution is -0.144. The average Bonchev–Trinajstić information content (AvgIpc) is 3.99. The van der Waals surface area contributed by atoms with Crippen LogP contribution in [0.15, 0.2) is 90.4 Å². The summed E-state index contributed by atoms with van der Waals surface area (Å²) in [5.74, 6) is -1.33. The fourth-order valence-electron chi connectivity index (χ4n) is 8.65. The van der Waals surface area contributed by atoms with Gasteiger partial charge in [0.2, 0.25) is 11.8 Å². The van der Waals surface area contributed by atoms with Gasteiger partial charge in [0.25, 0.3) is 5.91 Å². The predicted octanol–water partition coefficient (Wildman–Crippen LogP) is 9.24. The van der Waals surface area contributed by atoms with E-state index in [0.717, 1.165) is 27.3 Å². The smallest absolute Gasteiger partial charge is 0.259 e. The Labute approximate surface area is 422 Å². The van der Waals surface area contributed by atoms with Gasteiger partial charge in [-0.1, -0.05) is 74.8 Å². The zero-order valence-electron chi connectivity index (χ0n) is 40.0. The standard InChI is InChI=1S/C53H56ClFN6O7S2/c1-32-47(70-31-57-32)35-12-9-33(10-13-35)11-22-45(63)44-27-39(62)29-59(44)49(65)48(52(2,3)4)58-46(64)30-67-23-7-8-24-68-40-19-15-34(16-20-40)36-17-21-43(42(55)25-36)61-51(69)60(50(66)53(61,5)6)38-18-14-37(28-56)41(54)26-38/h9-10,12-21,25-26,31,39,44,48,62H,7-8,11,22-24,27,29-30H2,1-6H3,(H,58,64)/t39-,44+,48-/m1/s1. The monoisotopic (exact) mass is 1010 g/mol. The first-order valence-electron chi connectivity index (χ1n) is 23.1. The van der Waals surface area contributed by atoms with Gasteiger partial charge in [-0.3, -0.25) is 24.1 Å². The maximum atomic E-state index is 15.9. The number of Topliss-reactive ketones (excluding diaryl/α,β-unsaturated/α-hetero) is 1. The van der Waals surface area contributed by atoms with Crippen LogP contribution in [0.3, 0.4) is 0 Å². The van der Waals surface area contributed by atoms with E-state index in [2.05, 4.69) is 10.3 Å². The molecule has 70 heavy (non-hydrogen) atoms. The molecule has 1 aromatic heterocycles. The molecule has 3 amide bonds. The summed E-state index contributed by atoms with van der Waals surface area (Å²) in [6.07, 6.45) is 1.24. The van der Waals surface area contributed by atoms with Crippen molar-refractivity contribution in [1.82, 2.24) is 15.2 Å². The number of carbonyl (C=O) groups excluding carboxylic acids is 4. The van der Waals surface area contributed by atoms with Gasteiger partial charge in [-0.15, -0.1) is 11.3 Å². The Balaban J connectivity index is 0.843. The lowest BCUT2D eigenvalue weighted by atomic mass is 9.85. The van der Waals surface area contributed by atoms with Crippen LogP contribution in [0.5, 0.6) is 5.75 Å². The van der Waals surface area contributed by atoms with E-state index in [1.54, 1.807) is 55.5 Å². The summed E-state index contributed by atoms with van der Waals surface area (Å²) in [5, 5.41) is 23.0. The molecule has 7 rings (SSSR count). The molecule has 17 heteroatoms. The molecule has 0 radical (unpaired) electrons. The number of aliphatic hydroxyl groups excluding tert-OH is 1. The molecule has 0 saturated carbocycles. The zero-order valence-corrected chi connectivity index (χ0v) is 42.4. The van der Waals surface area contributed by atoms with Crippen LogP contribution < -0.4 is 19.9 Å². The van der Waals surface area contributed by atoms with Gasteiger partial charge in [0.05, 0.1) is 56.8 Å². The normalized spacial score (nSPS) is 17.2. The number of thiazole rings is 1. The Morgan fingerprint density at radius 3 is 2.34 bits per heavy atom. The molecular formula is C53H56ClFN6O7S2. The van der Waals surface area contributed by atoms with Crippen molar-refractivity contribution in [2.75, 3.05) is 36.2 Å². The van der Waals surface area contributed by atoms with E-state index >= 15 is 4.39 Å². The van der Waals surface area contributed by atoms with Crippen molar-refractivity contribution < 1.29 is 38.1 Å². The maximum Gasteiger partial charge on any atom is 0.259 e. The number of hydrogen-bond donors (Lipinski definition) is 2. The molecule has 2 fully saturated rings. The van der Waals surface area contributed by atoms with Crippen molar-refractivity contribution in [2.45, 2.75) is 97.4 Å². The number of aliphatic hydroxyl groups is 1. The second-order valence-electron chi connectivity index (χ2n) is 19.1. The number of nitrogens with zero attached hydrogens (tertiary/aromatic N) is 5. The Bertz CT molecular complexity index is 2810. The number of likely N-dealkylation sites (tertiary alicyclic amines) is 1. The Kier molecular flexibility index (Phi) is 16.2. The van der Waals surface area contributed by atoms with Gasteiger partial charge < -0.3 is 29.7 Å². The molecule has 3 heterocycles. The van der Waals surface area contributed by atoms with Crippen molar-refractivity contribution in [1.29, 1.82) is 5.26 Å². The highest BCUT2D eigenvalue weighted by Gasteiger charge is 2.51. The van der Waals surface area contributed by atoms with Gasteiger partial charge in [-0.2, -0.15) is 5.26 Å². The summed E-state index contributed by atoms with van der Waals surface area (Å²) >= 11 is 13.5. The number of hydrogen-bond acceptors (Lipinski definition) is 11. The van der Waals surface area contributed by atoms with Crippen molar-refractivity contribution in [3.8, 4) is 33.4 Å². The van der Waals surface area contributed by atoms with Crippen LogP contribution >= 0.6 is 35.2 Å². The second kappa shape index (κ2) is 21.9. The average molecular weight is 1010 g/mol. The van der Waals surface area contributed by atoms with E-state index in [4.69, 9.17) is 33.3 Å². The van der Waals surface area contributed by atoms with Crippen LogP contribution in [0.25, 0.3) is 21.6 Å². The number of carbonyl (C=O) groups is 4. The van der Waals surface area contributed by atoms with Crippen LogP contribution in [0.1, 0.15) is 77.1 Å². The fraction of sp³-hybridized carbons (Fsp3) is 0.377. The van der Waals surface area contributed by atoms with Crippen LogP contribution in [-0.2, 0) is 30.3 Å². The summed E-state index contributed by atoms with van der Waals surface area (Å²) in [7, 11) is 0. The summed E-state index contributed by atoms with van der Waals surface area (Å²) in [5.41, 5.74) is 5.06. The minimum Gasteiger partial charge on any atom is -0.494 e. The molecule has 4 aromatic carbocycles. The van der Waals surface area contributed by atoms with E-state index in [9.17, 15) is 29.5 Å². The number of benzene rings is 4. The summed E-state index contributed by atoms with van der Waals surface area (Å²) in [4.78, 5) is 63.9. The number of ether oxygens (including phenoxy) is 2. The number of anilines is 2. The van der Waals surface area contributed by atoms with E-state index in [1.807, 2.05) is 75.7 Å². The number of rotatable bonds is 18. The number of amides is 3. The number of β-amino-alcohol motifs (C(OH)–C–C–N with tert-alkyl or cyclic N) is 1. The number of aryl methyl sites for hydroxylation is 2. The van der Waals surface area contributed by atoms with Crippen molar-refractivity contribution in [3.63, 3.8) is 0 Å². The highest BCUT2D eigenvalue weighted by Crippen LogP contribution is 2.40. The predicted molar refractivity (Wildman–Crippen MR) is 273 cm³/mol. The molecule has 3 atom stereocenters. The first kappa shape index (κ1) is 51.8. The number of halogens is 2. The molecule has 366 valence electrons. The van der Waals surface area contributed by atoms with Gasteiger partial charge in [-0.25, -0.2) is 9.37 Å². The third kappa shape index (κ3) is 11.6. The summed E-state index contributed by atoms with van der Waals surface area (Å²) in [6, 6.07) is 24.8. The number of nitrogens with one attached hydrogen (secondary N) is 1. The highest BCUT2D eigenvalue weighted by molar-refractivity contribution is 7.81. The molecule has 0 unspecified atom stereocenters. The minimum atomic E-state index is -1.22.